The van der Waals surface area contributed by atoms with Crippen LogP contribution in [0.1, 0.15) is 54.7 Å². The van der Waals surface area contributed by atoms with E-state index >= 15 is 0 Å². The number of aromatic nitrogens is 1. The molecule has 3 fully saturated rings. The van der Waals surface area contributed by atoms with Gasteiger partial charge in [-0.25, -0.2) is 0 Å². The van der Waals surface area contributed by atoms with E-state index < -0.39 is 17.1 Å². The van der Waals surface area contributed by atoms with Gasteiger partial charge in [0, 0.05) is 12.6 Å². The number of fused-ring (bicyclic) bond motifs is 3. The molecule has 2 bridgehead atoms. The molecule has 0 atom stereocenters. The average molecular weight is 325 g/mol. The smallest absolute Gasteiger partial charge is 0.345 e. The van der Waals surface area contributed by atoms with E-state index in [1.54, 1.807) is 19.2 Å². The predicted molar refractivity (Wildman–Crippen MR) is 76.5 cm³/mol. The van der Waals surface area contributed by atoms with Gasteiger partial charge in [0.05, 0.1) is 5.41 Å². The Bertz CT molecular complexity index is 659. The fraction of sp³-hybridized carbons (Fsp3) is 0.625. The topological polar surface area (TPSA) is 57.8 Å². The normalized spacial score (nSPS) is 30.0. The molecule has 0 saturated heterocycles. The van der Waals surface area contributed by atoms with Crippen molar-refractivity contribution in [1.82, 2.24) is 9.88 Å². The molecular formula is C16H18F3N3O. The quantitative estimate of drug-likeness (QED) is 0.907. The first-order chi connectivity index (χ1) is 10.7. The second-order valence-electron chi connectivity index (χ2n) is 6.79. The Kier molecular flexibility index (Phi) is 3.47. The van der Waals surface area contributed by atoms with Crippen molar-refractivity contribution in [3.8, 4) is 6.07 Å². The average Bonchev–Trinajstić information content (AvgIpc) is 2.88. The first-order valence-corrected chi connectivity index (χ1v) is 7.67. The molecule has 4 nitrogen and oxygen atoms in total. The van der Waals surface area contributed by atoms with Crippen LogP contribution in [0.15, 0.2) is 12.1 Å². The second-order valence-corrected chi connectivity index (χ2v) is 6.79. The number of amides is 1. The highest BCUT2D eigenvalue weighted by molar-refractivity contribution is 5.93. The van der Waals surface area contributed by atoms with Gasteiger partial charge in [0.1, 0.15) is 17.5 Å². The second kappa shape index (κ2) is 5.02. The van der Waals surface area contributed by atoms with Crippen LogP contribution in [0.4, 0.5) is 13.2 Å². The van der Waals surface area contributed by atoms with Crippen molar-refractivity contribution in [1.29, 1.82) is 5.26 Å². The summed E-state index contributed by atoms with van der Waals surface area (Å²) < 4.78 is 41.2. The molecule has 1 heterocycles. The van der Waals surface area contributed by atoms with Crippen LogP contribution in [-0.2, 0) is 7.05 Å². The van der Waals surface area contributed by atoms with Crippen LogP contribution in [0.25, 0.3) is 0 Å². The van der Waals surface area contributed by atoms with E-state index in [2.05, 4.69) is 5.32 Å². The number of nitrogens with zero attached hydrogens (tertiary/aromatic N) is 2. The summed E-state index contributed by atoms with van der Waals surface area (Å²) in [5.74, 6) is -0.324. The summed E-state index contributed by atoms with van der Waals surface area (Å²) in [4.78, 5) is 12.5. The first kappa shape index (κ1) is 15.9. The zero-order chi connectivity index (χ0) is 16.9. The molecule has 1 aromatic rings. The molecule has 0 radical (unpaired) electrons. The molecule has 4 rings (SSSR count). The number of nitrogens with one attached hydrogen (secondary N) is 1. The molecule has 124 valence electrons. The third-order valence-electron chi connectivity index (χ3n) is 5.70. The van der Waals surface area contributed by atoms with Crippen molar-refractivity contribution in [2.24, 2.45) is 12.5 Å². The summed E-state index contributed by atoms with van der Waals surface area (Å²) in [5, 5.41) is 11.9. The summed E-state index contributed by atoms with van der Waals surface area (Å²) in [6.45, 7) is 0. The molecular weight excluding hydrogens is 307 g/mol. The SMILES string of the molecule is Cn1c(C#N)ccc1C(=O)NC12CCC(C(F)(F)F)(CC1)CC2. The summed E-state index contributed by atoms with van der Waals surface area (Å²) in [6, 6.07) is 5.11. The van der Waals surface area contributed by atoms with Crippen LogP contribution in [0.5, 0.6) is 0 Å². The van der Waals surface area contributed by atoms with E-state index in [1.165, 1.54) is 4.57 Å². The van der Waals surface area contributed by atoms with Gasteiger partial charge in [-0.3, -0.25) is 4.79 Å². The molecule has 7 heteroatoms. The number of halogens is 3. The lowest BCUT2D eigenvalue weighted by Gasteiger charge is -2.53. The fourth-order valence-corrected chi connectivity index (χ4v) is 3.95. The van der Waals surface area contributed by atoms with Crippen LogP contribution >= 0.6 is 0 Å². The lowest BCUT2D eigenvalue weighted by molar-refractivity contribution is -0.253. The maximum absolute atomic E-state index is 13.2. The van der Waals surface area contributed by atoms with Gasteiger partial charge >= 0.3 is 6.18 Å². The van der Waals surface area contributed by atoms with Gasteiger partial charge in [0.25, 0.3) is 5.91 Å². The predicted octanol–water partition coefficient (Wildman–Crippen LogP) is 3.28. The van der Waals surface area contributed by atoms with Crippen molar-refractivity contribution in [3.05, 3.63) is 23.5 Å². The van der Waals surface area contributed by atoms with Crippen LogP contribution < -0.4 is 5.32 Å². The molecule has 1 amide bonds. The molecule has 1 aromatic heterocycles. The van der Waals surface area contributed by atoms with Gasteiger partial charge in [-0.2, -0.15) is 18.4 Å². The Morgan fingerprint density at radius 3 is 2.22 bits per heavy atom. The van der Waals surface area contributed by atoms with Crippen molar-refractivity contribution in [2.45, 2.75) is 50.2 Å². The molecule has 23 heavy (non-hydrogen) atoms. The minimum Gasteiger partial charge on any atom is -0.345 e. The van der Waals surface area contributed by atoms with Gasteiger partial charge in [0.2, 0.25) is 0 Å². The number of rotatable bonds is 2. The molecule has 0 aliphatic heterocycles. The Hall–Kier alpha value is -1.97. The highest BCUT2D eigenvalue weighted by atomic mass is 19.4. The number of alkyl halides is 3. The Labute approximate surface area is 132 Å². The minimum absolute atomic E-state index is 0.0767. The van der Waals surface area contributed by atoms with E-state index in [-0.39, 0.29) is 25.2 Å². The van der Waals surface area contributed by atoms with Crippen LogP contribution in [0.3, 0.4) is 0 Å². The van der Waals surface area contributed by atoms with Crippen molar-refractivity contribution >= 4 is 5.91 Å². The van der Waals surface area contributed by atoms with Crippen molar-refractivity contribution in [3.63, 3.8) is 0 Å². The summed E-state index contributed by atoms with van der Waals surface area (Å²) >= 11 is 0. The largest absolute Gasteiger partial charge is 0.394 e. The highest BCUT2D eigenvalue weighted by Gasteiger charge is 2.61. The van der Waals surface area contributed by atoms with Crippen molar-refractivity contribution in [2.75, 3.05) is 0 Å². The molecule has 3 aliphatic carbocycles. The Balaban J connectivity index is 1.74. The minimum atomic E-state index is -4.16. The third-order valence-corrected chi connectivity index (χ3v) is 5.70. The van der Waals surface area contributed by atoms with Gasteiger partial charge in [0.15, 0.2) is 0 Å². The highest BCUT2D eigenvalue weighted by Crippen LogP contribution is 2.59. The van der Waals surface area contributed by atoms with E-state index in [0.29, 0.717) is 30.7 Å². The maximum atomic E-state index is 13.2. The Morgan fingerprint density at radius 1 is 1.22 bits per heavy atom. The lowest BCUT2D eigenvalue weighted by atomic mass is 9.57. The molecule has 0 unspecified atom stereocenters. The number of nitriles is 1. The van der Waals surface area contributed by atoms with E-state index in [4.69, 9.17) is 5.26 Å². The number of hydrogen-bond donors (Lipinski definition) is 1. The number of hydrogen-bond acceptors (Lipinski definition) is 2. The zero-order valence-electron chi connectivity index (χ0n) is 12.8. The molecule has 0 spiro atoms. The van der Waals surface area contributed by atoms with Gasteiger partial charge in [-0.1, -0.05) is 0 Å². The summed E-state index contributed by atoms with van der Waals surface area (Å²) in [7, 11) is 1.63. The van der Waals surface area contributed by atoms with E-state index in [1.807, 2.05) is 6.07 Å². The fourth-order valence-electron chi connectivity index (χ4n) is 3.95. The standard InChI is InChI=1S/C16H18F3N3O/c1-22-11(10-20)2-3-12(22)13(23)21-15-7-4-14(5-8-15,6-9-15)16(17,18)19/h2-3H,4-9H2,1H3,(H,21,23). The zero-order valence-corrected chi connectivity index (χ0v) is 12.8. The molecule has 0 aromatic carbocycles. The molecule has 3 saturated carbocycles. The Morgan fingerprint density at radius 2 is 1.78 bits per heavy atom. The number of carbonyl (C=O) groups excluding carboxylic acids is 1. The number of carbonyl (C=O) groups is 1. The lowest BCUT2D eigenvalue weighted by Crippen LogP contribution is -2.59. The van der Waals surface area contributed by atoms with Crippen LogP contribution in [0, 0.1) is 16.7 Å². The summed E-state index contributed by atoms with van der Waals surface area (Å²) in [6.07, 6.45) is -2.87. The van der Waals surface area contributed by atoms with E-state index in [9.17, 15) is 18.0 Å². The third kappa shape index (κ3) is 2.41. The first-order valence-electron chi connectivity index (χ1n) is 7.67. The van der Waals surface area contributed by atoms with Gasteiger partial charge in [-0.15, -0.1) is 0 Å². The van der Waals surface area contributed by atoms with E-state index in [0.717, 1.165) is 0 Å². The maximum Gasteiger partial charge on any atom is 0.394 e. The van der Waals surface area contributed by atoms with Crippen LogP contribution in [0.2, 0.25) is 0 Å². The summed E-state index contributed by atoms with van der Waals surface area (Å²) in [5.41, 5.74) is -1.37. The molecule has 3 aliphatic rings. The van der Waals surface area contributed by atoms with Gasteiger partial charge in [-0.05, 0) is 50.7 Å². The van der Waals surface area contributed by atoms with Crippen LogP contribution in [-0.4, -0.2) is 22.2 Å². The van der Waals surface area contributed by atoms with Crippen molar-refractivity contribution < 1.29 is 18.0 Å². The monoisotopic (exact) mass is 325 g/mol. The molecule has 1 N–H and O–H groups in total. The van der Waals surface area contributed by atoms with Gasteiger partial charge < -0.3 is 9.88 Å².